The van der Waals surface area contributed by atoms with Gasteiger partial charge in [0.15, 0.2) is 15.4 Å². The van der Waals surface area contributed by atoms with Crippen LogP contribution in [-0.4, -0.2) is 45.1 Å². The number of hydrogen-bond acceptors (Lipinski definition) is 6. The molecule has 1 fully saturated rings. The van der Waals surface area contributed by atoms with E-state index in [1.54, 1.807) is 38.3 Å². The number of benzene rings is 1. The maximum Gasteiger partial charge on any atom is 0.332 e. The average molecular weight is 313 g/mol. The van der Waals surface area contributed by atoms with Crippen LogP contribution in [0.4, 0.5) is 5.69 Å². The van der Waals surface area contributed by atoms with Crippen LogP contribution in [0.3, 0.4) is 0 Å². The van der Waals surface area contributed by atoms with Crippen molar-refractivity contribution in [2.24, 2.45) is 0 Å². The van der Waals surface area contributed by atoms with Gasteiger partial charge in [-0.15, -0.1) is 0 Å². The van der Waals surface area contributed by atoms with Crippen molar-refractivity contribution in [2.75, 3.05) is 30.5 Å². The van der Waals surface area contributed by atoms with Crippen molar-refractivity contribution in [3.63, 3.8) is 0 Å². The van der Waals surface area contributed by atoms with Crippen LogP contribution < -0.4 is 10.1 Å². The van der Waals surface area contributed by atoms with E-state index >= 15 is 0 Å². The van der Waals surface area contributed by atoms with Gasteiger partial charge in [0, 0.05) is 11.8 Å². The first-order chi connectivity index (χ1) is 9.91. The summed E-state index contributed by atoms with van der Waals surface area (Å²) in [6.07, 6.45) is 0.200. The van der Waals surface area contributed by atoms with Crippen molar-refractivity contribution in [3.8, 4) is 5.75 Å². The molecule has 21 heavy (non-hydrogen) atoms. The number of ether oxygens (including phenoxy) is 2. The normalized spacial score (nSPS) is 23.5. The zero-order valence-electron chi connectivity index (χ0n) is 12.1. The first kappa shape index (κ1) is 15.6. The van der Waals surface area contributed by atoms with Crippen LogP contribution in [0.25, 0.3) is 0 Å². The highest BCUT2D eigenvalue weighted by atomic mass is 32.2. The lowest BCUT2D eigenvalue weighted by molar-refractivity contribution is -0.147. The molecule has 0 saturated carbocycles. The van der Waals surface area contributed by atoms with Crippen LogP contribution in [0.5, 0.6) is 5.75 Å². The molecule has 0 aromatic heterocycles. The third-order valence-electron chi connectivity index (χ3n) is 3.43. The van der Waals surface area contributed by atoms with E-state index in [-0.39, 0.29) is 24.5 Å². The predicted molar refractivity (Wildman–Crippen MR) is 79.3 cm³/mol. The van der Waals surface area contributed by atoms with Gasteiger partial charge in [-0.1, -0.05) is 6.07 Å². The highest BCUT2D eigenvalue weighted by Gasteiger charge is 2.49. The second-order valence-electron chi connectivity index (χ2n) is 5.00. The molecule has 0 aliphatic carbocycles. The third-order valence-corrected chi connectivity index (χ3v) is 5.18. The molecule has 0 radical (unpaired) electrons. The molecule has 1 aliphatic rings. The van der Waals surface area contributed by atoms with Gasteiger partial charge >= 0.3 is 5.97 Å². The summed E-state index contributed by atoms with van der Waals surface area (Å²) in [6, 6.07) is 7.01. The lowest BCUT2D eigenvalue weighted by atomic mass is 9.98. The summed E-state index contributed by atoms with van der Waals surface area (Å²) in [5.41, 5.74) is -0.596. The van der Waals surface area contributed by atoms with E-state index in [0.717, 1.165) is 0 Å². The molecule has 1 aromatic carbocycles. The summed E-state index contributed by atoms with van der Waals surface area (Å²) in [7, 11) is -1.71. The number of carbonyl (C=O) groups is 1. The zero-order valence-corrected chi connectivity index (χ0v) is 12.9. The number of carbonyl (C=O) groups excluding carboxylic acids is 1. The Hall–Kier alpha value is -1.76. The van der Waals surface area contributed by atoms with E-state index in [1.165, 1.54) is 0 Å². The Morgan fingerprint density at radius 3 is 2.76 bits per heavy atom. The fraction of sp³-hybridized carbons (Fsp3) is 0.500. The molecule has 1 heterocycles. The minimum absolute atomic E-state index is 0.0250. The maximum absolute atomic E-state index is 12.2. The van der Waals surface area contributed by atoms with Crippen LogP contribution in [-0.2, 0) is 19.4 Å². The summed E-state index contributed by atoms with van der Waals surface area (Å²) in [5, 5.41) is 3.04. The number of sulfone groups is 1. The Labute approximate surface area is 124 Å². The number of nitrogens with one attached hydrogen (secondary N) is 1. The van der Waals surface area contributed by atoms with Gasteiger partial charge < -0.3 is 14.8 Å². The van der Waals surface area contributed by atoms with E-state index in [0.29, 0.717) is 11.4 Å². The Morgan fingerprint density at radius 2 is 2.19 bits per heavy atom. The van der Waals surface area contributed by atoms with Crippen LogP contribution in [0.2, 0.25) is 0 Å². The summed E-state index contributed by atoms with van der Waals surface area (Å²) in [4.78, 5) is 12.2. The van der Waals surface area contributed by atoms with Gasteiger partial charge in [-0.3, -0.25) is 0 Å². The monoisotopic (exact) mass is 313 g/mol. The van der Waals surface area contributed by atoms with Crippen LogP contribution in [0, 0.1) is 0 Å². The average Bonchev–Trinajstić information content (AvgIpc) is 2.76. The molecule has 116 valence electrons. The summed E-state index contributed by atoms with van der Waals surface area (Å²) in [6.45, 7) is 1.90. The Bertz CT molecular complexity index is 628. The molecule has 1 N–H and O–H groups in total. The van der Waals surface area contributed by atoms with E-state index in [9.17, 15) is 13.2 Å². The molecule has 2 rings (SSSR count). The molecule has 7 heteroatoms. The van der Waals surface area contributed by atoms with Crippen molar-refractivity contribution in [1.82, 2.24) is 0 Å². The lowest BCUT2D eigenvalue weighted by Gasteiger charge is -2.27. The summed E-state index contributed by atoms with van der Waals surface area (Å²) in [5.74, 6) is -0.188. The first-order valence-electron chi connectivity index (χ1n) is 6.71. The van der Waals surface area contributed by atoms with Gasteiger partial charge in [0.25, 0.3) is 0 Å². The second kappa shape index (κ2) is 5.93. The molecule has 1 saturated heterocycles. The molecule has 1 aromatic rings. The maximum atomic E-state index is 12.2. The first-order valence-corrected chi connectivity index (χ1v) is 8.53. The van der Waals surface area contributed by atoms with Gasteiger partial charge in [-0.25, -0.2) is 13.2 Å². The van der Waals surface area contributed by atoms with Crippen molar-refractivity contribution >= 4 is 21.5 Å². The fourth-order valence-electron chi connectivity index (χ4n) is 2.41. The standard InChI is InChI=1S/C14H19NO5S/c1-3-20-13(16)14(7-8-21(17,18)10-14)15-11-5-4-6-12(9-11)19-2/h4-6,9,15H,3,7-8,10H2,1-2H3. The highest BCUT2D eigenvalue weighted by molar-refractivity contribution is 7.91. The number of rotatable bonds is 5. The zero-order chi connectivity index (χ0) is 15.5. The molecular formula is C14H19NO5S. The van der Waals surface area contributed by atoms with E-state index in [2.05, 4.69) is 5.32 Å². The Morgan fingerprint density at radius 1 is 1.43 bits per heavy atom. The quantitative estimate of drug-likeness (QED) is 0.823. The largest absolute Gasteiger partial charge is 0.497 e. The van der Waals surface area contributed by atoms with Crippen molar-refractivity contribution in [1.29, 1.82) is 0 Å². The van der Waals surface area contributed by atoms with Crippen molar-refractivity contribution < 1.29 is 22.7 Å². The van der Waals surface area contributed by atoms with Gasteiger partial charge in [0.05, 0.1) is 25.2 Å². The number of esters is 1. The summed E-state index contributed by atoms with van der Waals surface area (Å²) >= 11 is 0. The molecule has 0 amide bonds. The third kappa shape index (κ3) is 3.47. The minimum atomic E-state index is -3.25. The topological polar surface area (TPSA) is 81.7 Å². The van der Waals surface area contributed by atoms with Crippen LogP contribution in [0.1, 0.15) is 13.3 Å². The molecule has 0 spiro atoms. The van der Waals surface area contributed by atoms with Gasteiger partial charge in [0.1, 0.15) is 5.75 Å². The second-order valence-corrected chi connectivity index (χ2v) is 7.19. The number of methoxy groups -OCH3 is 1. The minimum Gasteiger partial charge on any atom is -0.497 e. The van der Waals surface area contributed by atoms with Gasteiger partial charge in [-0.05, 0) is 25.5 Å². The van der Waals surface area contributed by atoms with E-state index in [1.807, 2.05) is 0 Å². The molecular weight excluding hydrogens is 294 g/mol. The van der Waals surface area contributed by atoms with Gasteiger partial charge in [-0.2, -0.15) is 0 Å². The smallest absolute Gasteiger partial charge is 0.332 e. The van der Waals surface area contributed by atoms with Gasteiger partial charge in [0.2, 0.25) is 0 Å². The number of anilines is 1. The Kier molecular flexibility index (Phi) is 4.41. The molecule has 1 unspecified atom stereocenters. The van der Waals surface area contributed by atoms with Crippen LogP contribution >= 0.6 is 0 Å². The molecule has 6 nitrogen and oxygen atoms in total. The Balaban J connectivity index is 2.30. The summed E-state index contributed by atoms with van der Waals surface area (Å²) < 4.78 is 33.8. The van der Waals surface area contributed by atoms with Crippen molar-refractivity contribution in [3.05, 3.63) is 24.3 Å². The molecule has 1 atom stereocenters. The predicted octanol–water partition coefficient (Wildman–Crippen LogP) is 1.23. The van der Waals surface area contributed by atoms with Crippen LogP contribution in [0.15, 0.2) is 24.3 Å². The van der Waals surface area contributed by atoms with Crippen molar-refractivity contribution in [2.45, 2.75) is 18.9 Å². The molecule has 0 bridgehead atoms. The number of hydrogen-bond donors (Lipinski definition) is 1. The molecule has 1 aliphatic heterocycles. The van der Waals surface area contributed by atoms with E-state index in [4.69, 9.17) is 9.47 Å². The van der Waals surface area contributed by atoms with E-state index < -0.39 is 21.3 Å². The fourth-order valence-corrected chi connectivity index (χ4v) is 4.30. The SMILES string of the molecule is CCOC(=O)C1(Nc2cccc(OC)c2)CCS(=O)(=O)C1. The highest BCUT2D eigenvalue weighted by Crippen LogP contribution is 2.30. The lowest BCUT2D eigenvalue weighted by Crippen LogP contribution is -2.48.